The van der Waals surface area contributed by atoms with Gasteiger partial charge >= 0.3 is 0 Å². The van der Waals surface area contributed by atoms with Crippen LogP contribution in [-0.2, 0) is 78.9 Å². The molecular formula is C92H86O6. The van der Waals surface area contributed by atoms with Crippen LogP contribution < -0.4 is 0 Å². The minimum absolute atomic E-state index is 0.449. The first-order valence-corrected chi connectivity index (χ1v) is 33.6. The highest BCUT2D eigenvalue weighted by Gasteiger charge is 2.40. The molecule has 0 spiro atoms. The molecule has 490 valence electrons. The number of aryl methyl sites for hydroxylation is 2. The largest absolute Gasteiger partial charge is 0.380 e. The number of fused-ring (bicyclic) bond motifs is 4. The second-order valence-electron chi connectivity index (χ2n) is 25.3. The number of hydrogen-bond donors (Lipinski definition) is 0. The van der Waals surface area contributed by atoms with Gasteiger partial charge in [0.1, 0.15) is 0 Å². The summed E-state index contributed by atoms with van der Waals surface area (Å²) in [6, 6.07) is 110. The maximum absolute atomic E-state index is 5.52. The summed E-state index contributed by atoms with van der Waals surface area (Å²) in [5.41, 5.74) is 21.1. The van der Waals surface area contributed by atoms with Crippen LogP contribution in [0.5, 0.6) is 0 Å². The standard InChI is InChI=1S/C37H32O2.C31H32O2.C24H22O2/c1-38-25-27-13-15-31-23-35(19-17-29(31)21-27)37(33-9-5-3-6-10-33,34-11-7-4-8-12-34)36-20-18-30-22-28(26-39-2)14-16-32(30)24-36;1-23-19-29(17-15-25(23)21-32-3)31(27-11-7-5-8-12-27,28-13-9-6-10-14-28)30-18-16-26(22-33-4)24(2)20-30;1-25-15-19-13-11-17-7-3-5-9-21(17)23(19)24-20(16-26-2)14-12-18-8-4-6-10-22(18)24/h3-24H,25-26H2,1-2H3;5-20H,21-22H2,1-4H3;3-14H,15-16H2,1-2H3. The Morgan fingerprint density at radius 3 is 0.816 bits per heavy atom. The summed E-state index contributed by atoms with van der Waals surface area (Å²) in [5, 5.41) is 9.83. The lowest BCUT2D eigenvalue weighted by atomic mass is 9.64. The van der Waals surface area contributed by atoms with E-state index in [1.54, 1.807) is 42.7 Å². The lowest BCUT2D eigenvalue weighted by molar-refractivity contribution is 0.184. The highest BCUT2D eigenvalue weighted by molar-refractivity contribution is 6.08. The van der Waals surface area contributed by atoms with Crippen LogP contribution in [-0.4, -0.2) is 42.7 Å². The van der Waals surface area contributed by atoms with Crippen LogP contribution in [0.2, 0.25) is 0 Å². The first kappa shape index (κ1) is 67.8. The Labute approximate surface area is 578 Å². The van der Waals surface area contributed by atoms with Crippen molar-refractivity contribution in [1.29, 1.82) is 0 Å². The quantitative estimate of drug-likeness (QED) is 0.0668. The Morgan fingerprint density at radius 1 is 0.214 bits per heavy atom. The summed E-state index contributed by atoms with van der Waals surface area (Å²) in [6.45, 7) is 7.95. The maximum atomic E-state index is 5.52. The maximum Gasteiger partial charge on any atom is 0.0719 e. The van der Waals surface area contributed by atoms with Gasteiger partial charge in [0.25, 0.3) is 0 Å². The zero-order valence-electron chi connectivity index (χ0n) is 57.6. The van der Waals surface area contributed by atoms with E-state index in [-0.39, 0.29) is 0 Å². The molecule has 14 rings (SSSR count). The van der Waals surface area contributed by atoms with Crippen LogP contribution in [0.15, 0.2) is 303 Å². The third-order valence-electron chi connectivity index (χ3n) is 19.2. The summed E-state index contributed by atoms with van der Waals surface area (Å²) < 4.78 is 32.7. The molecule has 0 unspecified atom stereocenters. The van der Waals surface area contributed by atoms with Gasteiger partial charge in [-0.1, -0.05) is 279 Å². The molecule has 0 aromatic heterocycles. The summed E-state index contributed by atoms with van der Waals surface area (Å²) in [6.07, 6.45) is 0. The molecule has 0 atom stereocenters. The van der Waals surface area contributed by atoms with E-state index < -0.39 is 10.8 Å². The van der Waals surface area contributed by atoms with Gasteiger partial charge in [0.2, 0.25) is 0 Å². The molecule has 0 bridgehead atoms. The van der Waals surface area contributed by atoms with Gasteiger partial charge in [-0.25, -0.2) is 0 Å². The second-order valence-corrected chi connectivity index (χ2v) is 25.3. The van der Waals surface area contributed by atoms with Crippen LogP contribution in [0.4, 0.5) is 0 Å². The summed E-state index contributed by atoms with van der Waals surface area (Å²) in [5.74, 6) is 0. The van der Waals surface area contributed by atoms with E-state index in [9.17, 15) is 0 Å². The number of ether oxygens (including phenoxy) is 6. The minimum Gasteiger partial charge on any atom is -0.380 e. The molecule has 14 aromatic rings. The van der Waals surface area contributed by atoms with Gasteiger partial charge in [0.15, 0.2) is 0 Å². The van der Waals surface area contributed by atoms with Crippen molar-refractivity contribution in [3.05, 3.63) is 392 Å². The number of rotatable bonds is 21. The molecule has 6 heteroatoms. The number of methoxy groups -OCH3 is 6. The van der Waals surface area contributed by atoms with Crippen LogP contribution in [0, 0.1) is 13.8 Å². The predicted molar refractivity (Wildman–Crippen MR) is 405 cm³/mol. The third-order valence-corrected chi connectivity index (χ3v) is 19.2. The van der Waals surface area contributed by atoms with Gasteiger partial charge in [0, 0.05) is 42.7 Å². The Kier molecular flexibility index (Phi) is 22.0. The first-order valence-electron chi connectivity index (χ1n) is 33.6. The van der Waals surface area contributed by atoms with Gasteiger partial charge < -0.3 is 28.4 Å². The SMILES string of the molecule is COCc1ccc(C(c2ccccc2)(c2ccccc2)c2ccc(COC)c(C)c2)cc1C.COCc1ccc2cc(C(c3ccccc3)(c3ccccc3)c3ccc4cc(COC)ccc4c3)ccc2c1.COCc1ccc2ccccc2c1-c1c(COC)ccc2ccccc12. The molecule has 6 nitrogen and oxygen atoms in total. The van der Waals surface area contributed by atoms with Gasteiger partial charge in [-0.05, 0) is 181 Å². The van der Waals surface area contributed by atoms with E-state index in [0.29, 0.717) is 39.6 Å². The molecule has 0 N–H and O–H groups in total. The van der Waals surface area contributed by atoms with E-state index in [2.05, 4.69) is 317 Å². The molecule has 14 aromatic carbocycles. The van der Waals surface area contributed by atoms with Crippen molar-refractivity contribution >= 4 is 43.1 Å². The molecule has 0 saturated carbocycles. The van der Waals surface area contributed by atoms with Gasteiger partial charge in [0.05, 0.1) is 50.5 Å². The Bertz CT molecular complexity index is 4650. The second kappa shape index (κ2) is 31.8. The third kappa shape index (κ3) is 14.0. The normalized spacial score (nSPS) is 11.6. The molecule has 0 fully saturated rings. The minimum atomic E-state index is -0.499. The molecule has 0 radical (unpaired) electrons. The fourth-order valence-corrected chi connectivity index (χ4v) is 14.6. The van der Waals surface area contributed by atoms with E-state index in [4.69, 9.17) is 28.4 Å². The number of benzene rings is 14. The fourth-order valence-electron chi connectivity index (χ4n) is 14.6. The summed E-state index contributed by atoms with van der Waals surface area (Å²) in [7, 11) is 10.5. The Morgan fingerprint density at radius 2 is 0.480 bits per heavy atom. The van der Waals surface area contributed by atoms with Crippen molar-refractivity contribution < 1.29 is 28.4 Å². The van der Waals surface area contributed by atoms with Crippen molar-refractivity contribution in [3.63, 3.8) is 0 Å². The lowest BCUT2D eigenvalue weighted by Crippen LogP contribution is -2.31. The van der Waals surface area contributed by atoms with Crippen molar-refractivity contribution in [2.24, 2.45) is 0 Å². The Hall–Kier alpha value is -10.1. The molecular weight excluding hydrogens is 1200 g/mol. The van der Waals surface area contributed by atoms with E-state index in [1.165, 1.54) is 143 Å². The highest BCUT2D eigenvalue weighted by Crippen LogP contribution is 2.49. The van der Waals surface area contributed by atoms with E-state index in [0.717, 1.165) is 0 Å². The summed E-state index contributed by atoms with van der Waals surface area (Å²) in [4.78, 5) is 0. The van der Waals surface area contributed by atoms with Crippen LogP contribution in [0.25, 0.3) is 54.2 Å². The monoisotopic (exact) mass is 1290 g/mol. The zero-order chi connectivity index (χ0) is 67.9. The van der Waals surface area contributed by atoms with Crippen LogP contribution >= 0.6 is 0 Å². The first-order chi connectivity index (χ1) is 48.2. The smallest absolute Gasteiger partial charge is 0.0719 e. The van der Waals surface area contributed by atoms with Crippen molar-refractivity contribution in [3.8, 4) is 11.1 Å². The number of hydrogen-bond acceptors (Lipinski definition) is 6. The molecule has 0 saturated heterocycles. The van der Waals surface area contributed by atoms with Crippen molar-refractivity contribution in [2.75, 3.05) is 42.7 Å². The van der Waals surface area contributed by atoms with Gasteiger partial charge in [-0.15, -0.1) is 0 Å². The highest BCUT2D eigenvalue weighted by atomic mass is 16.5. The molecule has 0 aliphatic rings. The average Bonchev–Trinajstić information content (AvgIpc) is 0.732. The van der Waals surface area contributed by atoms with Crippen LogP contribution in [0.1, 0.15) is 89.0 Å². The average molecular weight is 1290 g/mol. The van der Waals surface area contributed by atoms with E-state index >= 15 is 0 Å². The molecule has 0 aliphatic carbocycles. The molecule has 98 heavy (non-hydrogen) atoms. The fraction of sp³-hybridized carbons (Fsp3) is 0.174. The zero-order valence-corrected chi connectivity index (χ0v) is 57.6. The van der Waals surface area contributed by atoms with Crippen molar-refractivity contribution in [1.82, 2.24) is 0 Å². The van der Waals surface area contributed by atoms with Crippen LogP contribution in [0.3, 0.4) is 0 Å². The lowest BCUT2D eigenvalue weighted by Gasteiger charge is -2.37. The molecule has 0 aliphatic heterocycles. The summed E-state index contributed by atoms with van der Waals surface area (Å²) >= 11 is 0. The predicted octanol–water partition coefficient (Wildman–Crippen LogP) is 21.6. The molecule has 0 amide bonds. The molecule has 0 heterocycles. The van der Waals surface area contributed by atoms with Crippen molar-refractivity contribution in [2.45, 2.75) is 64.3 Å². The Balaban J connectivity index is 0.000000143. The van der Waals surface area contributed by atoms with Gasteiger partial charge in [-0.2, -0.15) is 0 Å². The van der Waals surface area contributed by atoms with E-state index in [1.807, 2.05) is 0 Å². The topological polar surface area (TPSA) is 55.4 Å². The van der Waals surface area contributed by atoms with Gasteiger partial charge in [-0.3, -0.25) is 0 Å².